The lowest BCUT2D eigenvalue weighted by Gasteiger charge is -2.30. The molecule has 1 amide bonds. The molecule has 0 bridgehead atoms. The van der Waals surface area contributed by atoms with Gasteiger partial charge in [0.1, 0.15) is 11.9 Å². The summed E-state index contributed by atoms with van der Waals surface area (Å²) in [4.78, 5) is 35.1. The van der Waals surface area contributed by atoms with E-state index >= 15 is 0 Å². The summed E-state index contributed by atoms with van der Waals surface area (Å²) < 4.78 is 0.675. The van der Waals surface area contributed by atoms with E-state index in [2.05, 4.69) is 41.9 Å². The number of aliphatic carboxylic acids is 1. The summed E-state index contributed by atoms with van der Waals surface area (Å²) in [6, 6.07) is 15.7. The van der Waals surface area contributed by atoms with E-state index in [9.17, 15) is 40.2 Å². The largest absolute Gasteiger partial charge is 0.508 e. The first-order chi connectivity index (χ1) is 24.1. The van der Waals surface area contributed by atoms with Gasteiger partial charge in [-0.3, -0.25) is 19.6 Å². The number of fused-ring (bicyclic) bond motifs is 1. The minimum Gasteiger partial charge on any atom is -0.508 e. The van der Waals surface area contributed by atoms with E-state index in [0.717, 1.165) is 5.56 Å². The maximum absolute atomic E-state index is 13.6. The Morgan fingerprint density at radius 1 is 1.02 bits per heavy atom. The number of nitrogens with zero attached hydrogens (tertiary/aromatic N) is 2. The molecular weight excluding hydrogens is 722 g/mol. The molecule has 0 aromatic heterocycles. The molecule has 5 rings (SSSR count). The van der Waals surface area contributed by atoms with E-state index in [0.29, 0.717) is 45.0 Å². The maximum Gasteiger partial charge on any atom is 0.309 e. The van der Waals surface area contributed by atoms with Crippen LogP contribution in [0, 0.1) is 5.92 Å². The Bertz CT molecular complexity index is 1830. The molecular formula is C37H44BrN5O8. The molecule has 0 saturated carbocycles. The van der Waals surface area contributed by atoms with Crippen LogP contribution in [-0.2, 0) is 15.0 Å². The van der Waals surface area contributed by atoms with Gasteiger partial charge in [-0.2, -0.15) is 0 Å². The molecule has 272 valence electrons. The second-order valence-corrected chi connectivity index (χ2v) is 14.9. The molecule has 2 aliphatic heterocycles. The minimum absolute atomic E-state index is 0.0316. The topological polar surface area (TPSA) is 216 Å². The Morgan fingerprint density at radius 2 is 1.76 bits per heavy atom. The number of anilines is 1. The quantitative estimate of drug-likeness (QED) is 0.129. The van der Waals surface area contributed by atoms with Crippen molar-refractivity contribution in [3.05, 3.63) is 87.4 Å². The molecule has 5 unspecified atom stereocenters. The average molecular weight is 767 g/mol. The van der Waals surface area contributed by atoms with Crippen molar-refractivity contribution in [2.24, 2.45) is 15.9 Å². The first-order valence-electron chi connectivity index (χ1n) is 16.7. The molecule has 3 aromatic rings. The molecule has 9 N–H and O–H groups in total. The lowest BCUT2D eigenvalue weighted by atomic mass is 9.82. The molecule has 2 aliphatic rings. The molecule has 0 spiro atoms. The Kier molecular flexibility index (Phi) is 11.8. The number of phenolic OH excluding ortho intramolecular Hbond substituents is 1. The number of aromatic hydroxyl groups is 1. The van der Waals surface area contributed by atoms with E-state index in [4.69, 9.17) is 0 Å². The minimum atomic E-state index is -1.43. The monoisotopic (exact) mass is 765 g/mol. The molecule has 13 nitrogen and oxygen atoms in total. The third-order valence-corrected chi connectivity index (χ3v) is 9.42. The van der Waals surface area contributed by atoms with Crippen molar-refractivity contribution in [3.63, 3.8) is 0 Å². The standard InChI is InChI=1S/C37H44BrN5O8/c1-37(2,3)21-10-20(11-22(38)14-21)32(27(35(50)51)16-30(47)33-34(49)26-6-4-5-7-28(26)42-33)43-31(48)9-8-29(46)19-12-23(15-24(44)13-19)41-36-39-17-25(45)18-40-36/h4-7,10-15,25,27,29-30,32,34,44-47,49H,8-9,16-18H2,1-3H3,(H,43,48)(H,50,51)(H2,39,40,41)/t27-,29?,30?,32?,34?/m0/s1. The van der Waals surface area contributed by atoms with Gasteiger partial charge >= 0.3 is 5.97 Å². The molecule has 3 aromatic carbocycles. The highest BCUT2D eigenvalue weighted by Crippen LogP contribution is 2.38. The molecule has 2 heterocycles. The lowest BCUT2D eigenvalue weighted by Crippen LogP contribution is -2.42. The fourth-order valence-corrected chi connectivity index (χ4v) is 6.66. The number of carbonyl (C=O) groups excluding carboxylic acids is 1. The van der Waals surface area contributed by atoms with Gasteiger partial charge in [0.05, 0.1) is 48.2 Å². The predicted molar refractivity (Wildman–Crippen MR) is 196 cm³/mol. The van der Waals surface area contributed by atoms with Crippen LogP contribution in [0.5, 0.6) is 5.75 Å². The van der Waals surface area contributed by atoms with Crippen LogP contribution < -0.4 is 16.0 Å². The van der Waals surface area contributed by atoms with E-state index in [1.54, 1.807) is 36.4 Å². The van der Waals surface area contributed by atoms with Crippen molar-refractivity contribution in [1.29, 1.82) is 0 Å². The average Bonchev–Trinajstić information content (AvgIpc) is 3.41. The number of aliphatic hydroxyl groups is 4. The van der Waals surface area contributed by atoms with Gasteiger partial charge in [0, 0.05) is 34.8 Å². The van der Waals surface area contributed by atoms with Crippen molar-refractivity contribution in [2.75, 3.05) is 18.4 Å². The number of phenols is 1. The van der Waals surface area contributed by atoms with Gasteiger partial charge in [-0.1, -0.05) is 61.0 Å². The van der Waals surface area contributed by atoms with Crippen molar-refractivity contribution in [1.82, 2.24) is 10.6 Å². The number of aliphatic hydroxyl groups excluding tert-OH is 4. The molecule has 6 atom stereocenters. The highest BCUT2D eigenvalue weighted by molar-refractivity contribution is 9.10. The van der Waals surface area contributed by atoms with Crippen LogP contribution in [-0.4, -0.2) is 79.5 Å². The van der Waals surface area contributed by atoms with Gasteiger partial charge in [0.25, 0.3) is 0 Å². The molecule has 51 heavy (non-hydrogen) atoms. The van der Waals surface area contributed by atoms with E-state index < -0.39 is 48.3 Å². The van der Waals surface area contributed by atoms with Crippen molar-refractivity contribution in [2.45, 2.75) is 75.9 Å². The number of benzene rings is 3. The van der Waals surface area contributed by atoms with Crippen LogP contribution in [0.1, 0.15) is 80.5 Å². The molecule has 14 heteroatoms. The zero-order chi connectivity index (χ0) is 37.0. The summed E-state index contributed by atoms with van der Waals surface area (Å²) in [6.07, 6.45) is -5.01. The van der Waals surface area contributed by atoms with Gasteiger partial charge in [-0.05, 0) is 65.3 Å². The summed E-state index contributed by atoms with van der Waals surface area (Å²) in [6.45, 7) is 6.55. The van der Waals surface area contributed by atoms with Crippen LogP contribution in [0.2, 0.25) is 0 Å². The smallest absolute Gasteiger partial charge is 0.309 e. The van der Waals surface area contributed by atoms with Crippen LogP contribution in [0.3, 0.4) is 0 Å². The number of amides is 1. The summed E-state index contributed by atoms with van der Waals surface area (Å²) in [5.74, 6) is -2.88. The highest BCUT2D eigenvalue weighted by Gasteiger charge is 2.38. The second kappa shape index (κ2) is 15.9. The normalized spacial score (nSPS) is 19.5. The number of carboxylic acid groups (broad SMARTS) is 1. The van der Waals surface area contributed by atoms with E-state index in [1.807, 2.05) is 32.9 Å². The summed E-state index contributed by atoms with van der Waals surface area (Å²) in [5.41, 5.74) is 2.87. The van der Waals surface area contributed by atoms with Crippen molar-refractivity contribution in [3.8, 4) is 5.75 Å². The fraction of sp³-hybridized carbons (Fsp3) is 0.405. The van der Waals surface area contributed by atoms with Gasteiger partial charge in [-0.25, -0.2) is 0 Å². The van der Waals surface area contributed by atoms with Gasteiger partial charge in [0.2, 0.25) is 5.91 Å². The summed E-state index contributed by atoms with van der Waals surface area (Å²) in [5, 5.41) is 72.5. The number of guanidine groups is 1. The zero-order valence-corrected chi connectivity index (χ0v) is 30.1. The first-order valence-corrected chi connectivity index (χ1v) is 17.5. The van der Waals surface area contributed by atoms with Gasteiger partial charge in [0.15, 0.2) is 5.96 Å². The third kappa shape index (κ3) is 9.51. The molecule has 0 fully saturated rings. The number of hydrogen-bond donors (Lipinski definition) is 9. The maximum atomic E-state index is 13.6. The Hall–Kier alpha value is -4.34. The predicted octanol–water partition coefficient (Wildman–Crippen LogP) is 4.13. The number of rotatable bonds is 12. The molecule has 0 radical (unpaired) electrons. The highest BCUT2D eigenvalue weighted by atomic mass is 79.9. The molecule has 0 aliphatic carbocycles. The fourth-order valence-electron chi connectivity index (χ4n) is 6.15. The number of carboxylic acids is 1. The Labute approximate surface area is 304 Å². The van der Waals surface area contributed by atoms with E-state index in [-0.39, 0.29) is 42.7 Å². The number of carbonyl (C=O) groups is 2. The SMILES string of the molecule is CC(C)(C)c1cc(Br)cc(C(NC(=O)CCC(O)c2cc(O)cc(NC3=NCC(O)CN3)c2)[C@H](CC(O)C2=Nc3ccccc3C2O)C(=O)O)c1. The van der Waals surface area contributed by atoms with Crippen molar-refractivity contribution >= 4 is 50.9 Å². The zero-order valence-electron chi connectivity index (χ0n) is 28.5. The van der Waals surface area contributed by atoms with Crippen LogP contribution >= 0.6 is 15.9 Å². The second-order valence-electron chi connectivity index (χ2n) is 14.0. The first kappa shape index (κ1) is 37.9. The number of hydrogen-bond acceptors (Lipinski definition) is 11. The van der Waals surface area contributed by atoms with E-state index in [1.165, 1.54) is 12.1 Å². The Balaban J connectivity index is 1.35. The van der Waals surface area contributed by atoms with Crippen LogP contribution in [0.15, 0.2) is 75.1 Å². The number of β-amino-alcohol motifs (C(OH)–C–C–N with tert-alkyl or cyclic N) is 1. The van der Waals surface area contributed by atoms with Crippen molar-refractivity contribution < 1.29 is 40.2 Å². The van der Waals surface area contributed by atoms with Crippen LogP contribution in [0.4, 0.5) is 11.4 Å². The third-order valence-electron chi connectivity index (χ3n) is 8.96. The number of halogens is 1. The summed E-state index contributed by atoms with van der Waals surface area (Å²) in [7, 11) is 0. The van der Waals surface area contributed by atoms with Crippen LogP contribution in [0.25, 0.3) is 0 Å². The number of para-hydroxylation sites is 1. The van der Waals surface area contributed by atoms with Gasteiger partial charge in [-0.15, -0.1) is 0 Å². The number of aliphatic imine (C=N–C) groups is 2. The Morgan fingerprint density at radius 3 is 2.43 bits per heavy atom. The summed E-state index contributed by atoms with van der Waals surface area (Å²) >= 11 is 3.53. The van der Waals surface area contributed by atoms with Gasteiger partial charge < -0.3 is 46.6 Å². The lowest BCUT2D eigenvalue weighted by molar-refractivity contribution is -0.144. The number of nitrogens with one attached hydrogen (secondary N) is 3. The molecule has 0 saturated heterocycles.